The second-order valence-electron chi connectivity index (χ2n) is 5.42. The molecule has 6 nitrogen and oxygen atoms in total. The molecule has 23 heavy (non-hydrogen) atoms. The van der Waals surface area contributed by atoms with Gasteiger partial charge in [0.1, 0.15) is 5.56 Å². The quantitative estimate of drug-likeness (QED) is 0.792. The van der Waals surface area contributed by atoms with E-state index in [1.165, 1.54) is 11.1 Å². The molecule has 4 rings (SSSR count). The van der Waals surface area contributed by atoms with Crippen LogP contribution in [0.25, 0.3) is 4.96 Å². The van der Waals surface area contributed by atoms with E-state index >= 15 is 0 Å². The Hall–Kier alpha value is -2.54. The van der Waals surface area contributed by atoms with E-state index in [1.807, 2.05) is 18.2 Å². The predicted octanol–water partition coefficient (Wildman–Crippen LogP) is 1.57. The Kier molecular flexibility index (Phi) is 3.42. The lowest BCUT2D eigenvalue weighted by Gasteiger charge is -2.05. The zero-order valence-corrected chi connectivity index (χ0v) is 13.1. The van der Waals surface area contributed by atoms with Gasteiger partial charge in [-0.3, -0.25) is 19.0 Å². The van der Waals surface area contributed by atoms with Crippen molar-refractivity contribution >= 4 is 22.2 Å². The number of nitrogens with one attached hydrogen (secondary N) is 1. The number of aromatic nitrogens is 3. The molecule has 3 aromatic rings. The van der Waals surface area contributed by atoms with Crippen molar-refractivity contribution in [3.8, 4) is 0 Å². The van der Waals surface area contributed by atoms with Gasteiger partial charge in [-0.1, -0.05) is 6.07 Å². The van der Waals surface area contributed by atoms with Crippen LogP contribution in [0.15, 0.2) is 35.4 Å². The SMILES string of the molecule is O=C(NCc1ccccn1)c1cnc2sc3c(n2c1=O)CCC3. The van der Waals surface area contributed by atoms with Crippen molar-refractivity contribution in [2.75, 3.05) is 0 Å². The fourth-order valence-electron chi connectivity index (χ4n) is 2.83. The number of pyridine rings is 1. The lowest BCUT2D eigenvalue weighted by atomic mass is 10.3. The Morgan fingerprint density at radius 3 is 3.04 bits per heavy atom. The first-order valence-electron chi connectivity index (χ1n) is 7.44. The normalized spacial score (nSPS) is 13.2. The molecular formula is C16H14N4O2S. The molecule has 0 bridgehead atoms. The van der Waals surface area contributed by atoms with Gasteiger partial charge in [-0.15, -0.1) is 11.3 Å². The Morgan fingerprint density at radius 2 is 2.22 bits per heavy atom. The number of hydrogen-bond donors (Lipinski definition) is 1. The summed E-state index contributed by atoms with van der Waals surface area (Å²) in [5.74, 6) is -0.416. The minimum absolute atomic E-state index is 0.0749. The van der Waals surface area contributed by atoms with E-state index < -0.39 is 5.91 Å². The monoisotopic (exact) mass is 326 g/mol. The molecule has 0 radical (unpaired) electrons. The molecule has 3 aromatic heterocycles. The van der Waals surface area contributed by atoms with Crippen LogP contribution in [0, 0.1) is 0 Å². The highest BCUT2D eigenvalue weighted by molar-refractivity contribution is 7.17. The number of aryl methyl sites for hydroxylation is 2. The maximum Gasteiger partial charge on any atom is 0.271 e. The smallest absolute Gasteiger partial charge is 0.271 e. The molecule has 0 aromatic carbocycles. The summed E-state index contributed by atoms with van der Waals surface area (Å²) < 4.78 is 1.60. The molecule has 0 unspecified atom stereocenters. The maximum absolute atomic E-state index is 12.7. The Bertz CT molecular complexity index is 946. The van der Waals surface area contributed by atoms with Crippen molar-refractivity contribution in [1.82, 2.24) is 19.7 Å². The van der Waals surface area contributed by atoms with Crippen molar-refractivity contribution in [2.45, 2.75) is 25.8 Å². The molecule has 0 saturated heterocycles. The molecule has 0 fully saturated rings. The summed E-state index contributed by atoms with van der Waals surface area (Å²) in [5, 5.41) is 2.73. The van der Waals surface area contributed by atoms with Crippen LogP contribution in [0.3, 0.4) is 0 Å². The third-order valence-electron chi connectivity index (χ3n) is 3.95. The van der Waals surface area contributed by atoms with Crippen molar-refractivity contribution in [3.05, 3.63) is 62.8 Å². The third-order valence-corrected chi connectivity index (χ3v) is 5.11. The number of carbonyl (C=O) groups is 1. The van der Waals surface area contributed by atoms with E-state index in [2.05, 4.69) is 15.3 Å². The largest absolute Gasteiger partial charge is 0.346 e. The van der Waals surface area contributed by atoms with E-state index in [-0.39, 0.29) is 17.7 Å². The van der Waals surface area contributed by atoms with Crippen LogP contribution in [0.4, 0.5) is 0 Å². The molecule has 0 spiro atoms. The number of thiazole rings is 1. The molecule has 116 valence electrons. The van der Waals surface area contributed by atoms with E-state index in [9.17, 15) is 9.59 Å². The number of rotatable bonds is 3. The van der Waals surface area contributed by atoms with Gasteiger partial charge in [0.15, 0.2) is 4.96 Å². The standard InChI is InChI=1S/C16H14N4O2S/c21-14(18-8-10-4-1-2-7-17-10)11-9-19-16-20(15(11)22)12-5-3-6-13(12)23-16/h1-2,4,7,9H,3,5-6,8H2,(H,18,21). The molecule has 1 amide bonds. The van der Waals surface area contributed by atoms with Crippen LogP contribution in [0.1, 0.15) is 33.0 Å². The fourth-order valence-corrected chi connectivity index (χ4v) is 4.00. The highest BCUT2D eigenvalue weighted by Crippen LogP contribution is 2.28. The number of nitrogens with zero attached hydrogens (tertiary/aromatic N) is 3. The fraction of sp³-hybridized carbons (Fsp3) is 0.250. The van der Waals surface area contributed by atoms with E-state index in [0.717, 1.165) is 30.7 Å². The van der Waals surface area contributed by atoms with Gasteiger partial charge in [-0.2, -0.15) is 0 Å². The summed E-state index contributed by atoms with van der Waals surface area (Å²) in [6.07, 6.45) is 5.95. The topological polar surface area (TPSA) is 76.4 Å². The van der Waals surface area contributed by atoms with Crippen molar-refractivity contribution < 1.29 is 4.79 Å². The number of carbonyl (C=O) groups excluding carboxylic acids is 1. The van der Waals surface area contributed by atoms with Crippen molar-refractivity contribution in [3.63, 3.8) is 0 Å². The molecule has 7 heteroatoms. The first-order chi connectivity index (χ1) is 11.2. The van der Waals surface area contributed by atoms with Gasteiger partial charge in [0.05, 0.1) is 12.2 Å². The van der Waals surface area contributed by atoms with Gasteiger partial charge < -0.3 is 5.32 Å². The first kappa shape index (κ1) is 14.1. The van der Waals surface area contributed by atoms with Crippen LogP contribution >= 0.6 is 11.3 Å². The average Bonchev–Trinajstić information content (AvgIpc) is 3.14. The van der Waals surface area contributed by atoms with Crippen molar-refractivity contribution in [1.29, 1.82) is 0 Å². The third kappa shape index (κ3) is 2.43. The Labute approximate surface area is 135 Å². The van der Waals surface area contributed by atoms with Gasteiger partial charge in [-0.25, -0.2) is 4.98 Å². The summed E-state index contributed by atoms with van der Waals surface area (Å²) in [6.45, 7) is 0.281. The molecule has 1 aliphatic carbocycles. The van der Waals surface area contributed by atoms with Gasteiger partial charge >= 0.3 is 0 Å². The molecule has 0 saturated carbocycles. The average molecular weight is 326 g/mol. The minimum Gasteiger partial charge on any atom is -0.346 e. The van der Waals surface area contributed by atoms with Crippen LogP contribution in [0.5, 0.6) is 0 Å². The van der Waals surface area contributed by atoms with Crippen LogP contribution in [0.2, 0.25) is 0 Å². The van der Waals surface area contributed by atoms with Gasteiger partial charge in [0, 0.05) is 23.0 Å². The summed E-state index contributed by atoms with van der Waals surface area (Å²) in [5.41, 5.74) is 1.55. The van der Waals surface area contributed by atoms with Gasteiger partial charge in [0.25, 0.3) is 11.5 Å². The lowest BCUT2D eigenvalue weighted by Crippen LogP contribution is -2.31. The minimum atomic E-state index is -0.416. The van der Waals surface area contributed by atoms with Gasteiger partial charge in [0.2, 0.25) is 0 Å². The summed E-state index contributed by atoms with van der Waals surface area (Å²) in [6, 6.07) is 5.48. The van der Waals surface area contributed by atoms with E-state index in [1.54, 1.807) is 21.9 Å². The Balaban J connectivity index is 1.65. The molecule has 0 aliphatic heterocycles. The van der Waals surface area contributed by atoms with Gasteiger partial charge in [-0.05, 0) is 31.4 Å². The molecule has 3 heterocycles. The lowest BCUT2D eigenvalue weighted by molar-refractivity contribution is 0.0948. The maximum atomic E-state index is 12.7. The second kappa shape index (κ2) is 5.58. The second-order valence-corrected chi connectivity index (χ2v) is 6.49. The Morgan fingerprint density at radius 1 is 1.30 bits per heavy atom. The van der Waals surface area contributed by atoms with Crippen LogP contribution in [-0.2, 0) is 19.4 Å². The molecule has 1 N–H and O–H groups in total. The first-order valence-corrected chi connectivity index (χ1v) is 8.26. The zero-order valence-electron chi connectivity index (χ0n) is 12.3. The highest BCUT2D eigenvalue weighted by Gasteiger charge is 2.22. The highest BCUT2D eigenvalue weighted by atomic mass is 32.1. The summed E-state index contributed by atoms with van der Waals surface area (Å²) >= 11 is 1.54. The summed E-state index contributed by atoms with van der Waals surface area (Å²) in [4.78, 5) is 35.3. The number of hydrogen-bond acceptors (Lipinski definition) is 5. The van der Waals surface area contributed by atoms with Crippen molar-refractivity contribution in [2.24, 2.45) is 0 Å². The molecule has 1 aliphatic rings. The van der Waals surface area contributed by atoms with Crippen LogP contribution < -0.4 is 10.9 Å². The van der Waals surface area contributed by atoms with E-state index in [0.29, 0.717) is 4.96 Å². The zero-order chi connectivity index (χ0) is 15.8. The predicted molar refractivity (Wildman–Crippen MR) is 86.8 cm³/mol. The molecule has 0 atom stereocenters. The number of fused-ring (bicyclic) bond motifs is 3. The molecular weight excluding hydrogens is 312 g/mol. The summed E-state index contributed by atoms with van der Waals surface area (Å²) in [7, 11) is 0. The number of amides is 1. The van der Waals surface area contributed by atoms with E-state index in [4.69, 9.17) is 0 Å². The van der Waals surface area contributed by atoms with Crippen LogP contribution in [-0.4, -0.2) is 20.3 Å².